The summed E-state index contributed by atoms with van der Waals surface area (Å²) in [6.07, 6.45) is 0.755. The van der Waals surface area contributed by atoms with Crippen LogP contribution in [0.2, 0.25) is 0 Å². The van der Waals surface area contributed by atoms with Gasteiger partial charge in [0.25, 0.3) is 0 Å². The summed E-state index contributed by atoms with van der Waals surface area (Å²) in [5.41, 5.74) is 0.595. The topological polar surface area (TPSA) is 96.0 Å². The van der Waals surface area contributed by atoms with Gasteiger partial charge in [-0.1, -0.05) is 60.7 Å². The number of hydrogen-bond acceptors (Lipinski definition) is 7. The van der Waals surface area contributed by atoms with Crippen LogP contribution in [-0.2, 0) is 33.3 Å². The molecule has 0 amide bonds. The molecule has 7 nitrogen and oxygen atoms in total. The predicted molar refractivity (Wildman–Crippen MR) is 107 cm³/mol. The van der Waals surface area contributed by atoms with Gasteiger partial charge in [-0.25, -0.2) is 0 Å². The maximum absolute atomic E-state index is 13.0. The quantitative estimate of drug-likeness (QED) is 0.689. The van der Waals surface area contributed by atoms with Crippen LogP contribution in [0.15, 0.2) is 72.2 Å². The first kappa shape index (κ1) is 19.7. The largest absolute Gasteiger partial charge is 0.496 e. The van der Waals surface area contributed by atoms with Gasteiger partial charge >= 0.3 is 20.2 Å². The van der Waals surface area contributed by atoms with E-state index in [2.05, 4.69) is 0 Å². The molecule has 0 atom stereocenters. The Kier molecular flexibility index (Phi) is 5.20. The molecule has 0 aliphatic carbocycles. The molecule has 0 aromatic heterocycles. The summed E-state index contributed by atoms with van der Waals surface area (Å²) >= 11 is 0. The molecule has 0 unspecified atom stereocenters. The standard InChI is InChI=1S/C20H18O7S2/c21-28(22,19(17-11-13-25-17)15-7-3-1-4-8-15)27-29(23,24)20(18-12-14-26-18)16-9-5-2-6-10-16/h1-10H,11-14H2. The summed E-state index contributed by atoms with van der Waals surface area (Å²) in [7, 11) is -9.37. The van der Waals surface area contributed by atoms with Crippen molar-refractivity contribution in [2.24, 2.45) is 0 Å². The van der Waals surface area contributed by atoms with E-state index < -0.39 is 20.2 Å². The maximum Gasteiger partial charge on any atom is 0.315 e. The SMILES string of the molecule is O=S(=O)(OS(=O)(=O)C(=C1CCO1)c1ccccc1)C(=C1CCO1)c1ccccc1. The van der Waals surface area contributed by atoms with Gasteiger partial charge in [0.15, 0.2) is 0 Å². The van der Waals surface area contributed by atoms with Crippen LogP contribution in [0.5, 0.6) is 0 Å². The highest BCUT2D eigenvalue weighted by Crippen LogP contribution is 2.38. The fourth-order valence-corrected chi connectivity index (χ4v) is 6.24. The van der Waals surface area contributed by atoms with Gasteiger partial charge in [0, 0.05) is 12.8 Å². The van der Waals surface area contributed by atoms with E-state index >= 15 is 0 Å². The number of benzene rings is 2. The first-order valence-electron chi connectivity index (χ1n) is 8.92. The van der Waals surface area contributed by atoms with E-state index in [9.17, 15) is 16.8 Å². The number of rotatable bonds is 6. The molecule has 0 bridgehead atoms. The van der Waals surface area contributed by atoms with Crippen LogP contribution in [0.3, 0.4) is 0 Å². The van der Waals surface area contributed by atoms with E-state index in [0.717, 1.165) is 0 Å². The summed E-state index contributed by atoms with van der Waals surface area (Å²) in [4.78, 5) is -0.556. The van der Waals surface area contributed by atoms with Crippen molar-refractivity contribution in [1.82, 2.24) is 0 Å². The lowest BCUT2D eigenvalue weighted by Crippen LogP contribution is -2.23. The molecule has 2 fully saturated rings. The molecular weight excluding hydrogens is 416 g/mol. The molecule has 0 saturated carbocycles. The Hall–Kier alpha value is -2.62. The number of hydrogen-bond donors (Lipinski definition) is 0. The highest BCUT2D eigenvalue weighted by atomic mass is 32.3. The van der Waals surface area contributed by atoms with Crippen molar-refractivity contribution in [3.8, 4) is 0 Å². The van der Waals surface area contributed by atoms with Crippen molar-refractivity contribution in [3.05, 3.63) is 83.3 Å². The monoisotopic (exact) mass is 434 g/mol. The van der Waals surface area contributed by atoms with Crippen molar-refractivity contribution in [1.29, 1.82) is 0 Å². The molecule has 4 rings (SSSR count). The van der Waals surface area contributed by atoms with Crippen molar-refractivity contribution in [2.75, 3.05) is 13.2 Å². The van der Waals surface area contributed by atoms with Gasteiger partial charge in [-0.3, -0.25) is 0 Å². The third-order valence-corrected chi connectivity index (χ3v) is 7.83. The zero-order chi connectivity index (χ0) is 20.5. The molecule has 2 aromatic rings. The smallest absolute Gasteiger partial charge is 0.315 e. The Morgan fingerprint density at radius 1 is 0.655 bits per heavy atom. The fraction of sp³-hybridized carbons (Fsp3) is 0.200. The van der Waals surface area contributed by atoms with Crippen LogP contribution in [0.4, 0.5) is 0 Å². The second kappa shape index (κ2) is 7.66. The minimum Gasteiger partial charge on any atom is -0.496 e. The summed E-state index contributed by atoms with van der Waals surface area (Å²) < 4.78 is 67.5. The lowest BCUT2D eigenvalue weighted by Gasteiger charge is -2.25. The summed E-state index contributed by atoms with van der Waals surface area (Å²) in [6.45, 7) is 0.724. The molecule has 2 aromatic carbocycles. The van der Waals surface area contributed by atoms with E-state index in [0.29, 0.717) is 37.2 Å². The average Bonchev–Trinajstić information content (AvgIpc) is 2.61. The molecule has 2 aliphatic rings. The predicted octanol–water partition coefficient (Wildman–Crippen LogP) is 3.24. The third kappa shape index (κ3) is 3.93. The molecule has 29 heavy (non-hydrogen) atoms. The number of ether oxygens (including phenoxy) is 2. The zero-order valence-corrected chi connectivity index (χ0v) is 16.9. The summed E-state index contributed by atoms with van der Waals surface area (Å²) in [5, 5.41) is 0. The Balaban J connectivity index is 1.77. The van der Waals surface area contributed by atoms with Crippen molar-refractivity contribution in [2.45, 2.75) is 12.8 Å². The molecule has 2 aliphatic heterocycles. The second-order valence-electron chi connectivity index (χ2n) is 6.41. The van der Waals surface area contributed by atoms with Crippen molar-refractivity contribution in [3.63, 3.8) is 0 Å². The van der Waals surface area contributed by atoms with Crippen molar-refractivity contribution < 1.29 is 29.9 Å². The average molecular weight is 434 g/mol. The maximum atomic E-state index is 13.0. The molecule has 152 valence electrons. The molecule has 0 radical (unpaired) electrons. The van der Waals surface area contributed by atoms with Gasteiger partial charge in [0.1, 0.15) is 21.3 Å². The second-order valence-corrected chi connectivity index (χ2v) is 9.59. The van der Waals surface area contributed by atoms with Gasteiger partial charge < -0.3 is 9.47 Å². The van der Waals surface area contributed by atoms with Crippen LogP contribution < -0.4 is 0 Å². The Morgan fingerprint density at radius 3 is 1.28 bits per heavy atom. The Bertz CT molecular complexity index is 1070. The highest BCUT2D eigenvalue weighted by molar-refractivity contribution is 8.08. The van der Waals surface area contributed by atoms with E-state index in [1.54, 1.807) is 60.7 Å². The van der Waals surface area contributed by atoms with Crippen LogP contribution in [0.25, 0.3) is 9.81 Å². The zero-order valence-electron chi connectivity index (χ0n) is 15.3. The Labute approximate surface area is 169 Å². The molecule has 2 heterocycles. The van der Waals surface area contributed by atoms with E-state index in [1.807, 2.05) is 0 Å². The van der Waals surface area contributed by atoms with Gasteiger partial charge in [-0.2, -0.15) is 16.8 Å². The first-order chi connectivity index (χ1) is 13.9. The van der Waals surface area contributed by atoms with Gasteiger partial charge in [-0.15, -0.1) is 3.63 Å². The first-order valence-corrected chi connectivity index (χ1v) is 11.7. The Morgan fingerprint density at radius 2 is 1.00 bits per heavy atom. The molecule has 2 saturated heterocycles. The summed E-state index contributed by atoms with van der Waals surface area (Å²) in [5.74, 6) is 0.361. The van der Waals surface area contributed by atoms with E-state index in [-0.39, 0.29) is 21.3 Å². The molecule has 0 spiro atoms. The summed E-state index contributed by atoms with van der Waals surface area (Å²) in [6, 6.07) is 16.3. The van der Waals surface area contributed by atoms with Crippen LogP contribution in [0, 0.1) is 0 Å². The third-order valence-electron chi connectivity index (χ3n) is 4.47. The van der Waals surface area contributed by atoms with Gasteiger partial charge in [0.05, 0.1) is 13.2 Å². The van der Waals surface area contributed by atoms with Crippen molar-refractivity contribution >= 4 is 30.0 Å². The fourth-order valence-electron chi connectivity index (χ4n) is 3.02. The minimum absolute atomic E-state index is 0.181. The normalized spacial score (nSPS) is 19.9. The lowest BCUT2D eigenvalue weighted by atomic mass is 10.1. The molecule has 9 heteroatoms. The lowest BCUT2D eigenvalue weighted by molar-refractivity contribution is 0.121. The van der Waals surface area contributed by atoms with Crippen LogP contribution in [0.1, 0.15) is 24.0 Å². The highest BCUT2D eigenvalue weighted by Gasteiger charge is 2.38. The van der Waals surface area contributed by atoms with Crippen LogP contribution in [-0.4, -0.2) is 30.0 Å². The van der Waals surface area contributed by atoms with Gasteiger partial charge in [-0.05, 0) is 11.1 Å². The van der Waals surface area contributed by atoms with Gasteiger partial charge in [0.2, 0.25) is 0 Å². The minimum atomic E-state index is -4.69. The van der Waals surface area contributed by atoms with E-state index in [4.69, 9.17) is 13.1 Å². The van der Waals surface area contributed by atoms with E-state index in [1.165, 1.54) is 0 Å². The molecular formula is C20H18O7S2. The molecule has 0 N–H and O–H groups in total. The van der Waals surface area contributed by atoms with Crippen LogP contribution >= 0.6 is 0 Å².